The maximum absolute atomic E-state index is 11.6. The maximum Gasteiger partial charge on any atom is 0.326 e. The summed E-state index contributed by atoms with van der Waals surface area (Å²) < 4.78 is 6.61. The molecule has 0 amide bonds. The van der Waals surface area contributed by atoms with E-state index < -0.39 is 5.97 Å². The largest absolute Gasteiger partial charge is 0.481 e. The third-order valence-electron chi connectivity index (χ3n) is 2.54. The van der Waals surface area contributed by atoms with Crippen LogP contribution in [0, 0.1) is 0 Å². The molecule has 1 heterocycles. The lowest BCUT2D eigenvalue weighted by atomic mass is 10.3. The average Bonchev–Trinajstić information content (AvgIpc) is 2.75. The Bertz CT molecular complexity index is 638. The number of thioether (sulfide) groups is 1. The smallest absolute Gasteiger partial charge is 0.326 e. The summed E-state index contributed by atoms with van der Waals surface area (Å²) in [4.78, 5) is 26.7. The van der Waals surface area contributed by atoms with Crippen molar-refractivity contribution in [1.82, 2.24) is 9.55 Å². The van der Waals surface area contributed by atoms with Crippen molar-refractivity contribution >= 4 is 34.7 Å². The summed E-state index contributed by atoms with van der Waals surface area (Å²) in [7, 11) is 0. The molecule has 0 bridgehead atoms. The Balaban J connectivity index is 2.33. The zero-order valence-electron chi connectivity index (χ0n) is 10.9. The number of rotatable bonds is 6. The Morgan fingerprint density at radius 1 is 1.40 bits per heavy atom. The number of aliphatic carboxylic acids is 1. The van der Waals surface area contributed by atoms with Gasteiger partial charge in [0.1, 0.15) is 6.54 Å². The summed E-state index contributed by atoms with van der Waals surface area (Å²) in [5.74, 6) is -1.40. The molecule has 2 aromatic rings. The van der Waals surface area contributed by atoms with Crippen molar-refractivity contribution in [3.8, 4) is 0 Å². The Labute approximate surface area is 119 Å². The van der Waals surface area contributed by atoms with Crippen molar-refractivity contribution in [2.45, 2.75) is 18.6 Å². The fraction of sp³-hybridized carbons (Fsp3) is 0.308. The molecule has 2 rings (SSSR count). The number of nitrogens with zero attached hydrogens (tertiary/aromatic N) is 2. The SMILES string of the molecule is CCOC(=O)Cn1c(SCC(=O)O)nc2ccccc21. The van der Waals surface area contributed by atoms with Crippen LogP contribution >= 0.6 is 11.8 Å². The molecule has 0 spiro atoms. The predicted octanol–water partition coefficient (Wildman–Crippen LogP) is 1.78. The van der Waals surface area contributed by atoms with Crippen molar-refractivity contribution in [3.05, 3.63) is 24.3 Å². The van der Waals surface area contributed by atoms with Crippen LogP contribution in [-0.4, -0.2) is 39.0 Å². The molecule has 0 fully saturated rings. The van der Waals surface area contributed by atoms with Crippen LogP contribution in [-0.2, 0) is 20.9 Å². The van der Waals surface area contributed by atoms with Gasteiger partial charge >= 0.3 is 11.9 Å². The number of fused-ring (bicyclic) bond motifs is 1. The number of esters is 1. The van der Waals surface area contributed by atoms with Gasteiger partial charge in [0.05, 0.1) is 23.4 Å². The normalized spacial score (nSPS) is 10.7. The van der Waals surface area contributed by atoms with Crippen LogP contribution in [0.3, 0.4) is 0 Å². The zero-order valence-corrected chi connectivity index (χ0v) is 11.7. The number of carbonyl (C=O) groups is 2. The van der Waals surface area contributed by atoms with Crippen molar-refractivity contribution < 1.29 is 19.4 Å². The zero-order chi connectivity index (χ0) is 14.5. The summed E-state index contributed by atoms with van der Waals surface area (Å²) >= 11 is 1.09. The van der Waals surface area contributed by atoms with Gasteiger partial charge in [0.15, 0.2) is 5.16 Å². The molecule has 20 heavy (non-hydrogen) atoms. The summed E-state index contributed by atoms with van der Waals surface area (Å²) in [5.41, 5.74) is 1.51. The molecule has 0 radical (unpaired) electrons. The molecule has 1 N–H and O–H groups in total. The number of carboxylic acid groups (broad SMARTS) is 1. The lowest BCUT2D eigenvalue weighted by Crippen LogP contribution is -2.14. The van der Waals surface area contributed by atoms with Gasteiger partial charge in [0.2, 0.25) is 0 Å². The minimum atomic E-state index is -0.926. The van der Waals surface area contributed by atoms with E-state index in [1.807, 2.05) is 24.3 Å². The van der Waals surface area contributed by atoms with E-state index in [2.05, 4.69) is 4.98 Å². The van der Waals surface area contributed by atoms with E-state index in [0.29, 0.717) is 11.8 Å². The second-order valence-electron chi connectivity index (χ2n) is 3.96. The number of hydrogen-bond donors (Lipinski definition) is 1. The second-order valence-corrected chi connectivity index (χ2v) is 4.90. The van der Waals surface area contributed by atoms with Gasteiger partial charge in [-0.2, -0.15) is 0 Å². The van der Waals surface area contributed by atoms with E-state index in [-0.39, 0.29) is 18.3 Å². The Morgan fingerprint density at radius 3 is 2.85 bits per heavy atom. The van der Waals surface area contributed by atoms with Crippen molar-refractivity contribution in [2.24, 2.45) is 0 Å². The number of carbonyl (C=O) groups excluding carboxylic acids is 1. The summed E-state index contributed by atoms with van der Waals surface area (Å²) in [6, 6.07) is 7.35. The minimum absolute atomic E-state index is 0.0241. The van der Waals surface area contributed by atoms with Gasteiger partial charge in [-0.1, -0.05) is 23.9 Å². The highest BCUT2D eigenvalue weighted by Gasteiger charge is 2.15. The molecular weight excluding hydrogens is 280 g/mol. The van der Waals surface area contributed by atoms with Gasteiger partial charge in [0.25, 0.3) is 0 Å². The molecule has 0 aliphatic heterocycles. The number of carboxylic acids is 1. The molecule has 0 aliphatic carbocycles. The molecule has 0 saturated heterocycles. The highest BCUT2D eigenvalue weighted by Crippen LogP contribution is 2.24. The van der Waals surface area contributed by atoms with Crippen LogP contribution in [0.2, 0.25) is 0 Å². The van der Waals surface area contributed by atoms with Crippen LogP contribution < -0.4 is 0 Å². The molecule has 0 unspecified atom stereocenters. The van der Waals surface area contributed by atoms with Crippen molar-refractivity contribution in [1.29, 1.82) is 0 Å². The van der Waals surface area contributed by atoms with E-state index in [1.54, 1.807) is 11.5 Å². The standard InChI is InChI=1S/C13H14N2O4S/c1-2-19-12(18)7-15-10-6-4-3-5-9(10)14-13(15)20-8-11(16)17/h3-6H,2,7-8H2,1H3,(H,16,17). The topological polar surface area (TPSA) is 81.4 Å². The quantitative estimate of drug-likeness (QED) is 0.646. The number of ether oxygens (including phenoxy) is 1. The van der Waals surface area contributed by atoms with Gasteiger partial charge < -0.3 is 14.4 Å². The van der Waals surface area contributed by atoms with E-state index in [1.165, 1.54) is 0 Å². The summed E-state index contributed by atoms with van der Waals surface area (Å²) in [6.45, 7) is 2.07. The Hall–Kier alpha value is -2.02. The molecule has 0 aliphatic rings. The van der Waals surface area contributed by atoms with Gasteiger partial charge in [-0.25, -0.2) is 4.98 Å². The molecule has 7 heteroatoms. The number of para-hydroxylation sites is 2. The molecule has 6 nitrogen and oxygen atoms in total. The number of imidazole rings is 1. The monoisotopic (exact) mass is 294 g/mol. The summed E-state index contributed by atoms with van der Waals surface area (Å²) in [6.07, 6.45) is 0. The maximum atomic E-state index is 11.6. The lowest BCUT2D eigenvalue weighted by Gasteiger charge is -2.07. The average molecular weight is 294 g/mol. The number of benzene rings is 1. The first kappa shape index (κ1) is 14.4. The van der Waals surface area contributed by atoms with E-state index in [9.17, 15) is 9.59 Å². The molecule has 0 saturated carbocycles. The Kier molecular flexibility index (Phi) is 4.62. The van der Waals surface area contributed by atoms with Crippen LogP contribution in [0.5, 0.6) is 0 Å². The van der Waals surface area contributed by atoms with Gasteiger partial charge in [-0.05, 0) is 19.1 Å². The van der Waals surface area contributed by atoms with Crippen molar-refractivity contribution in [2.75, 3.05) is 12.4 Å². The predicted molar refractivity (Wildman–Crippen MR) is 74.7 cm³/mol. The first-order valence-electron chi connectivity index (χ1n) is 6.07. The van der Waals surface area contributed by atoms with Gasteiger partial charge in [0, 0.05) is 0 Å². The highest BCUT2D eigenvalue weighted by atomic mass is 32.2. The van der Waals surface area contributed by atoms with Crippen molar-refractivity contribution in [3.63, 3.8) is 0 Å². The lowest BCUT2D eigenvalue weighted by molar-refractivity contribution is -0.143. The fourth-order valence-corrected chi connectivity index (χ4v) is 2.51. The molecule has 106 valence electrons. The van der Waals surface area contributed by atoms with Gasteiger partial charge in [-0.15, -0.1) is 0 Å². The summed E-state index contributed by atoms with van der Waals surface area (Å²) in [5, 5.41) is 9.26. The van der Waals surface area contributed by atoms with Crippen LogP contribution in [0.1, 0.15) is 6.92 Å². The molecule has 0 atom stereocenters. The highest BCUT2D eigenvalue weighted by molar-refractivity contribution is 7.99. The van der Waals surface area contributed by atoms with E-state index in [0.717, 1.165) is 22.8 Å². The number of hydrogen-bond acceptors (Lipinski definition) is 5. The van der Waals surface area contributed by atoms with E-state index in [4.69, 9.17) is 9.84 Å². The third-order valence-corrected chi connectivity index (χ3v) is 3.50. The fourth-order valence-electron chi connectivity index (χ4n) is 1.78. The minimum Gasteiger partial charge on any atom is -0.481 e. The van der Waals surface area contributed by atoms with E-state index >= 15 is 0 Å². The van der Waals surface area contributed by atoms with Crippen LogP contribution in [0.4, 0.5) is 0 Å². The Morgan fingerprint density at radius 2 is 2.15 bits per heavy atom. The number of aromatic nitrogens is 2. The van der Waals surface area contributed by atoms with Gasteiger partial charge in [-0.3, -0.25) is 9.59 Å². The van der Waals surface area contributed by atoms with Crippen LogP contribution in [0.15, 0.2) is 29.4 Å². The second kappa shape index (κ2) is 6.42. The molecule has 1 aromatic heterocycles. The third kappa shape index (κ3) is 3.30. The molecular formula is C13H14N2O4S. The first-order valence-corrected chi connectivity index (χ1v) is 7.06. The van der Waals surface area contributed by atoms with Crippen LogP contribution in [0.25, 0.3) is 11.0 Å². The molecule has 1 aromatic carbocycles. The first-order chi connectivity index (χ1) is 9.61.